The van der Waals surface area contributed by atoms with Crippen LogP contribution in [-0.4, -0.2) is 22.8 Å². The number of rotatable bonds is 4. The van der Waals surface area contributed by atoms with Crippen LogP contribution in [0.4, 0.5) is 10.5 Å². The number of anilines is 1. The van der Waals surface area contributed by atoms with Crippen LogP contribution in [0.1, 0.15) is 62.3 Å². The Morgan fingerprint density at radius 3 is 2.83 bits per heavy atom. The quantitative estimate of drug-likeness (QED) is 0.611. The van der Waals surface area contributed by atoms with Gasteiger partial charge in [0.05, 0.1) is 12.1 Å². The number of ether oxygens (including phenoxy) is 1. The molecule has 2 aromatic carbocycles. The number of aryl methyl sites for hydroxylation is 1. The molecule has 160 valence electrons. The van der Waals surface area contributed by atoms with Crippen LogP contribution in [0.25, 0.3) is 0 Å². The molecule has 1 aliphatic heterocycles. The average molecular weight is 429 g/mol. The summed E-state index contributed by atoms with van der Waals surface area (Å²) in [6.07, 6.45) is 4.20. The van der Waals surface area contributed by atoms with Crippen molar-refractivity contribution in [3.8, 4) is 5.75 Å². The summed E-state index contributed by atoms with van der Waals surface area (Å²) in [5.74, 6) is 0.739. The van der Waals surface area contributed by atoms with E-state index in [1.807, 2.05) is 30.3 Å². The van der Waals surface area contributed by atoms with Crippen LogP contribution < -0.4 is 15.4 Å². The van der Waals surface area contributed by atoms with Crippen LogP contribution in [0.5, 0.6) is 5.75 Å². The maximum absolute atomic E-state index is 13.0. The molecule has 2 aromatic rings. The first kappa shape index (κ1) is 21.0. The second kappa shape index (κ2) is 8.48. The number of hydrogen-bond donors (Lipinski definition) is 3. The Morgan fingerprint density at radius 1 is 1.27 bits per heavy atom. The van der Waals surface area contributed by atoms with Gasteiger partial charge in [0.15, 0.2) is 0 Å². The van der Waals surface area contributed by atoms with E-state index >= 15 is 0 Å². The van der Waals surface area contributed by atoms with E-state index in [-0.39, 0.29) is 23.8 Å². The molecule has 0 spiro atoms. The van der Waals surface area contributed by atoms with Crippen LogP contribution in [-0.2, 0) is 12.8 Å². The van der Waals surface area contributed by atoms with Gasteiger partial charge in [0.2, 0.25) is 0 Å². The van der Waals surface area contributed by atoms with Gasteiger partial charge in [0.25, 0.3) is 0 Å². The van der Waals surface area contributed by atoms with Crippen LogP contribution in [0, 0.1) is 0 Å². The monoisotopic (exact) mass is 428 g/mol. The highest BCUT2D eigenvalue weighted by Gasteiger charge is 2.39. The van der Waals surface area contributed by atoms with Crippen LogP contribution in [0.2, 0.25) is 5.02 Å². The number of hydrogen-bond acceptors (Lipinski definition) is 3. The predicted molar refractivity (Wildman–Crippen MR) is 119 cm³/mol. The Labute approximate surface area is 182 Å². The predicted octanol–water partition coefficient (Wildman–Crippen LogP) is 5.39. The van der Waals surface area contributed by atoms with E-state index in [1.165, 1.54) is 5.56 Å². The fourth-order valence-corrected chi connectivity index (χ4v) is 4.82. The van der Waals surface area contributed by atoms with E-state index in [0.717, 1.165) is 48.2 Å². The molecule has 30 heavy (non-hydrogen) atoms. The number of nitrogens with one attached hydrogen (secondary N) is 2. The summed E-state index contributed by atoms with van der Waals surface area (Å²) in [5, 5.41) is 16.9. The first-order valence-corrected chi connectivity index (χ1v) is 11.2. The third-order valence-corrected chi connectivity index (χ3v) is 6.79. The Kier molecular flexibility index (Phi) is 5.94. The van der Waals surface area contributed by atoms with E-state index in [2.05, 4.69) is 30.5 Å². The third kappa shape index (κ3) is 4.14. The number of halogens is 1. The maximum atomic E-state index is 13.0. The lowest BCUT2D eigenvalue weighted by molar-refractivity contribution is 0.0247. The van der Waals surface area contributed by atoms with E-state index < -0.39 is 0 Å². The zero-order valence-electron chi connectivity index (χ0n) is 17.5. The van der Waals surface area contributed by atoms with Gasteiger partial charge in [0.1, 0.15) is 11.4 Å². The first-order chi connectivity index (χ1) is 14.4. The van der Waals surface area contributed by atoms with Crippen molar-refractivity contribution in [3.05, 3.63) is 58.1 Å². The van der Waals surface area contributed by atoms with Gasteiger partial charge < -0.3 is 20.5 Å². The number of carbonyl (C=O) groups is 1. The van der Waals surface area contributed by atoms with E-state index in [1.54, 1.807) is 0 Å². The molecule has 3 N–H and O–H groups in total. The van der Waals surface area contributed by atoms with Crippen molar-refractivity contribution in [2.24, 2.45) is 0 Å². The standard InChI is InChI=1S/C24H29ClN2O3/c1-3-24(4-2)14-21(18-11-9-16(25)12-22(18)30-24)27-23(29)26-20-7-5-6-15-8-10-17(28)13-19(15)20/h5-7,9,11-12,17,21,28H,3-4,8,10,13-14H2,1-2H3,(H2,26,27,29)/t17-,21-/m1/s1. The molecule has 5 nitrogen and oxygen atoms in total. The van der Waals surface area contributed by atoms with Crippen molar-refractivity contribution in [2.75, 3.05) is 5.32 Å². The summed E-state index contributed by atoms with van der Waals surface area (Å²) in [6.45, 7) is 4.22. The molecular weight excluding hydrogens is 400 g/mol. The van der Waals surface area contributed by atoms with Gasteiger partial charge in [-0.1, -0.05) is 43.6 Å². The first-order valence-electron chi connectivity index (χ1n) is 10.8. The summed E-state index contributed by atoms with van der Waals surface area (Å²) in [4.78, 5) is 13.0. The number of fused-ring (bicyclic) bond motifs is 2. The molecule has 0 saturated carbocycles. The summed E-state index contributed by atoms with van der Waals surface area (Å²) in [7, 11) is 0. The molecule has 0 saturated heterocycles. The summed E-state index contributed by atoms with van der Waals surface area (Å²) >= 11 is 6.20. The third-order valence-electron chi connectivity index (χ3n) is 6.56. The van der Waals surface area contributed by atoms with Gasteiger partial charge >= 0.3 is 6.03 Å². The molecule has 6 heteroatoms. The van der Waals surface area contributed by atoms with Gasteiger partial charge in [0, 0.05) is 29.1 Å². The van der Waals surface area contributed by atoms with Crippen LogP contribution >= 0.6 is 11.6 Å². The lowest BCUT2D eigenvalue weighted by atomic mass is 9.83. The molecule has 1 aliphatic carbocycles. The van der Waals surface area contributed by atoms with Gasteiger partial charge in [-0.05, 0) is 55.0 Å². The summed E-state index contributed by atoms with van der Waals surface area (Å²) in [6, 6.07) is 11.1. The van der Waals surface area contributed by atoms with Crippen LogP contribution in [0.3, 0.4) is 0 Å². The van der Waals surface area contributed by atoms with E-state index in [9.17, 15) is 9.90 Å². The Bertz CT molecular complexity index is 942. The zero-order chi connectivity index (χ0) is 21.3. The molecule has 2 amide bonds. The lowest BCUT2D eigenvalue weighted by Crippen LogP contribution is -2.45. The second-order valence-electron chi connectivity index (χ2n) is 8.37. The molecule has 0 radical (unpaired) electrons. The number of aliphatic hydroxyl groups excluding tert-OH is 1. The molecule has 2 aliphatic rings. The van der Waals surface area contributed by atoms with Crippen molar-refractivity contribution in [1.29, 1.82) is 0 Å². The molecule has 1 heterocycles. The van der Waals surface area contributed by atoms with Crippen LogP contribution in [0.15, 0.2) is 36.4 Å². The molecule has 4 rings (SSSR count). The van der Waals surface area contributed by atoms with Crippen molar-refractivity contribution >= 4 is 23.3 Å². The molecular formula is C24H29ClN2O3. The summed E-state index contributed by atoms with van der Waals surface area (Å²) < 4.78 is 6.33. The molecule has 2 atom stereocenters. The van der Waals surface area contributed by atoms with E-state index in [0.29, 0.717) is 17.9 Å². The number of aliphatic hydroxyl groups is 1. The highest BCUT2D eigenvalue weighted by molar-refractivity contribution is 6.30. The number of amides is 2. The van der Waals surface area contributed by atoms with E-state index in [4.69, 9.17) is 16.3 Å². The number of benzene rings is 2. The largest absolute Gasteiger partial charge is 0.487 e. The number of urea groups is 1. The second-order valence-corrected chi connectivity index (χ2v) is 8.81. The van der Waals surface area contributed by atoms with Gasteiger partial charge in [-0.15, -0.1) is 0 Å². The highest BCUT2D eigenvalue weighted by Crippen LogP contribution is 2.43. The normalized spacial score (nSPS) is 21.7. The van der Waals surface area contributed by atoms with Gasteiger partial charge in [-0.3, -0.25) is 0 Å². The Balaban J connectivity index is 1.56. The van der Waals surface area contributed by atoms with Crippen molar-refractivity contribution in [2.45, 2.75) is 70.1 Å². The fourth-order valence-electron chi connectivity index (χ4n) is 4.66. The average Bonchev–Trinajstić information content (AvgIpc) is 2.73. The van der Waals surface area contributed by atoms with Crippen molar-refractivity contribution < 1.29 is 14.6 Å². The van der Waals surface area contributed by atoms with Gasteiger partial charge in [-0.25, -0.2) is 4.79 Å². The number of carbonyl (C=O) groups excluding carboxylic acids is 1. The molecule has 0 unspecified atom stereocenters. The minimum atomic E-state index is -0.356. The highest BCUT2D eigenvalue weighted by atomic mass is 35.5. The summed E-state index contributed by atoms with van der Waals surface area (Å²) in [5.41, 5.74) is 3.61. The van der Waals surface area contributed by atoms with Crippen molar-refractivity contribution in [3.63, 3.8) is 0 Å². The van der Waals surface area contributed by atoms with Gasteiger partial charge in [-0.2, -0.15) is 0 Å². The Hall–Kier alpha value is -2.24. The molecule has 0 bridgehead atoms. The van der Waals surface area contributed by atoms with Crippen molar-refractivity contribution in [1.82, 2.24) is 5.32 Å². The molecule has 0 fully saturated rings. The SMILES string of the molecule is CCC1(CC)C[C@@H](NC(=O)Nc2cccc3c2C[C@H](O)CC3)c2ccc(Cl)cc2O1. The topological polar surface area (TPSA) is 70.6 Å². The minimum absolute atomic E-state index is 0.170. The smallest absolute Gasteiger partial charge is 0.319 e. The Morgan fingerprint density at radius 2 is 2.07 bits per heavy atom. The fraction of sp³-hybridized carbons (Fsp3) is 0.458. The minimum Gasteiger partial charge on any atom is -0.487 e. The zero-order valence-corrected chi connectivity index (χ0v) is 18.3. The molecule has 0 aromatic heterocycles. The maximum Gasteiger partial charge on any atom is 0.319 e. The lowest BCUT2D eigenvalue weighted by Gasteiger charge is -2.41.